The summed E-state index contributed by atoms with van der Waals surface area (Å²) in [7, 11) is -1.12. The highest BCUT2D eigenvalue weighted by atomic mass is 28.3. The van der Waals surface area contributed by atoms with Crippen LogP contribution in [-0.2, 0) is 9.47 Å². The van der Waals surface area contributed by atoms with Gasteiger partial charge in [0.1, 0.15) is 0 Å². The first kappa shape index (κ1) is 20.6. The van der Waals surface area contributed by atoms with Crippen LogP contribution < -0.4 is 11.1 Å². The van der Waals surface area contributed by atoms with Gasteiger partial charge in [0.05, 0.1) is 28.8 Å². The number of ether oxygens (including phenoxy) is 2. The molecule has 0 aromatic heterocycles. The fraction of sp³-hybridized carbons (Fsp3) is 1.00. The maximum absolute atomic E-state index is 6.52. The molecule has 142 valence electrons. The molecule has 2 heterocycles. The molecule has 6 heteroatoms. The van der Waals surface area contributed by atoms with Crippen molar-refractivity contribution in [3.8, 4) is 0 Å². The van der Waals surface area contributed by atoms with Crippen molar-refractivity contribution in [2.45, 2.75) is 87.5 Å². The summed E-state index contributed by atoms with van der Waals surface area (Å²) in [6, 6.07) is 0.455. The maximum Gasteiger partial charge on any atom is 0.0715 e. The fourth-order valence-electron chi connectivity index (χ4n) is 4.72. The van der Waals surface area contributed by atoms with Crippen molar-refractivity contribution >= 4 is 18.3 Å². The lowest BCUT2D eigenvalue weighted by Gasteiger charge is -2.48. The van der Waals surface area contributed by atoms with Gasteiger partial charge in [-0.15, -0.1) is 0 Å². The molecule has 3 N–H and O–H groups in total. The second-order valence-corrected chi connectivity index (χ2v) is 13.4. The first-order chi connectivity index (χ1) is 11.6. The van der Waals surface area contributed by atoms with E-state index in [1.165, 1.54) is 51.4 Å². The minimum Gasteiger partial charge on any atom is -0.379 e. The molecule has 0 saturated carbocycles. The third-order valence-corrected chi connectivity index (χ3v) is 11.4. The summed E-state index contributed by atoms with van der Waals surface area (Å²) in [5.41, 5.74) is 5.81. The molecule has 3 atom stereocenters. The summed E-state index contributed by atoms with van der Waals surface area (Å²) in [4.78, 5) is 0. The quantitative estimate of drug-likeness (QED) is 0.606. The average molecular weight is 373 g/mol. The minimum absolute atomic E-state index is 0.110. The second kappa shape index (κ2) is 9.83. The van der Waals surface area contributed by atoms with Crippen LogP contribution in [0.15, 0.2) is 0 Å². The van der Waals surface area contributed by atoms with Crippen LogP contribution in [0.25, 0.3) is 0 Å². The lowest BCUT2D eigenvalue weighted by Crippen LogP contribution is -2.62. The Balaban J connectivity index is 2.08. The summed E-state index contributed by atoms with van der Waals surface area (Å²) >= 11 is 0. The Kier molecular flexibility index (Phi) is 8.43. The Morgan fingerprint density at radius 1 is 1.12 bits per heavy atom. The van der Waals surface area contributed by atoms with Gasteiger partial charge in [-0.25, -0.2) is 0 Å². The molecule has 0 spiro atoms. The smallest absolute Gasteiger partial charge is 0.0715 e. The zero-order valence-corrected chi connectivity index (χ0v) is 18.8. The van der Waals surface area contributed by atoms with Crippen molar-refractivity contribution in [1.82, 2.24) is 5.32 Å². The van der Waals surface area contributed by atoms with Gasteiger partial charge in [-0.2, -0.15) is 0 Å². The predicted octanol–water partition coefficient (Wildman–Crippen LogP) is 1.76. The van der Waals surface area contributed by atoms with E-state index < -0.39 is 8.80 Å². The van der Waals surface area contributed by atoms with Crippen LogP contribution >= 0.6 is 0 Å². The van der Waals surface area contributed by atoms with Crippen LogP contribution in [-0.4, -0.2) is 61.1 Å². The van der Waals surface area contributed by atoms with Crippen molar-refractivity contribution in [3.05, 3.63) is 0 Å². The van der Waals surface area contributed by atoms with Crippen LogP contribution in [0.2, 0.25) is 19.6 Å². The number of hydrogen-bond donors (Lipinski definition) is 2. The largest absolute Gasteiger partial charge is 0.379 e. The van der Waals surface area contributed by atoms with Gasteiger partial charge in [0.2, 0.25) is 0 Å². The van der Waals surface area contributed by atoms with E-state index in [2.05, 4.69) is 25.0 Å². The highest BCUT2D eigenvalue weighted by Gasteiger charge is 2.45. The number of nitrogens with two attached hydrogens (primary N) is 1. The Morgan fingerprint density at radius 2 is 1.83 bits per heavy atom. The van der Waals surface area contributed by atoms with Crippen molar-refractivity contribution < 1.29 is 9.47 Å². The summed E-state index contributed by atoms with van der Waals surface area (Å²) in [5.74, 6) is 0. The van der Waals surface area contributed by atoms with E-state index in [1.54, 1.807) is 0 Å². The van der Waals surface area contributed by atoms with Gasteiger partial charge in [0.15, 0.2) is 0 Å². The van der Waals surface area contributed by atoms with E-state index in [-0.39, 0.29) is 20.0 Å². The molecule has 2 saturated heterocycles. The molecule has 0 radical (unpaired) electrons. The molecule has 2 aliphatic rings. The van der Waals surface area contributed by atoms with Gasteiger partial charge in [-0.1, -0.05) is 19.6 Å². The van der Waals surface area contributed by atoms with Crippen LogP contribution in [0.3, 0.4) is 0 Å². The molecule has 24 heavy (non-hydrogen) atoms. The second-order valence-electron chi connectivity index (χ2n) is 8.09. The van der Waals surface area contributed by atoms with E-state index in [4.69, 9.17) is 15.2 Å². The van der Waals surface area contributed by atoms with E-state index in [1.807, 2.05) is 0 Å². The highest BCUT2D eigenvalue weighted by Crippen LogP contribution is 2.36. The molecule has 2 fully saturated rings. The topological polar surface area (TPSA) is 56.5 Å². The molecule has 4 nitrogen and oxygen atoms in total. The molecule has 2 aliphatic heterocycles. The molecular weight excluding hydrogens is 332 g/mol. The third-order valence-electron chi connectivity index (χ3n) is 6.40. The zero-order chi connectivity index (χ0) is 17.5. The van der Waals surface area contributed by atoms with E-state index in [0.29, 0.717) is 12.6 Å². The van der Waals surface area contributed by atoms with Gasteiger partial charge < -0.3 is 20.5 Å². The number of rotatable bonds is 9. The Hall–Kier alpha value is 0.274. The van der Waals surface area contributed by atoms with Crippen LogP contribution in [0.1, 0.15) is 51.4 Å². The number of hydrogen-bond acceptors (Lipinski definition) is 4. The fourth-order valence-corrected chi connectivity index (χ4v) is 8.55. The van der Waals surface area contributed by atoms with Crippen molar-refractivity contribution in [3.63, 3.8) is 0 Å². The molecule has 0 bridgehead atoms. The first-order valence-corrected chi connectivity index (χ1v) is 15.3. The predicted molar refractivity (Wildman–Crippen MR) is 108 cm³/mol. The van der Waals surface area contributed by atoms with Crippen molar-refractivity contribution in [1.29, 1.82) is 0 Å². The van der Waals surface area contributed by atoms with Crippen LogP contribution in [0.4, 0.5) is 0 Å². The van der Waals surface area contributed by atoms with Crippen molar-refractivity contribution in [2.75, 3.05) is 26.3 Å². The summed E-state index contributed by atoms with van der Waals surface area (Å²) in [6.07, 6.45) is 10.1. The van der Waals surface area contributed by atoms with Crippen LogP contribution in [0.5, 0.6) is 0 Å². The molecule has 2 rings (SSSR count). The van der Waals surface area contributed by atoms with E-state index in [0.717, 1.165) is 19.8 Å². The van der Waals surface area contributed by atoms with Gasteiger partial charge >= 0.3 is 0 Å². The maximum atomic E-state index is 6.52. The Bertz CT molecular complexity index is 357. The summed E-state index contributed by atoms with van der Waals surface area (Å²) in [5, 5.41) is 4.14. The summed E-state index contributed by atoms with van der Waals surface area (Å²) in [6.45, 7) is 10.9. The Labute approximate surface area is 153 Å². The third kappa shape index (κ3) is 4.92. The standard InChI is InChI=1S/C18H40N2O2Si2/c1-23-17(9-4-6-14-21-17)11-8-16(20-13-12-19)18(24(2)3)10-5-7-15-22-18/h16,20,24H,4-15,19,23H2,1-3H3. The average Bonchev–Trinajstić information content (AvgIpc) is 2.63. The highest BCUT2D eigenvalue weighted by molar-refractivity contribution is 6.59. The molecule has 0 aromatic rings. The Morgan fingerprint density at radius 3 is 2.33 bits per heavy atom. The minimum atomic E-state index is -0.949. The SMILES string of the molecule is C[SiH2]C1(CCC(NCCN)C2([SiH](C)C)CCCCO2)CCCCO1. The monoisotopic (exact) mass is 372 g/mol. The van der Waals surface area contributed by atoms with Crippen LogP contribution in [0, 0.1) is 0 Å². The van der Waals surface area contributed by atoms with Gasteiger partial charge in [0, 0.05) is 32.3 Å². The van der Waals surface area contributed by atoms with Gasteiger partial charge in [-0.05, 0) is 51.4 Å². The summed E-state index contributed by atoms with van der Waals surface area (Å²) < 4.78 is 12.9. The van der Waals surface area contributed by atoms with E-state index in [9.17, 15) is 0 Å². The molecular formula is C18H40N2O2Si2. The van der Waals surface area contributed by atoms with Gasteiger partial charge in [0.25, 0.3) is 0 Å². The van der Waals surface area contributed by atoms with E-state index >= 15 is 0 Å². The normalized spacial score (nSPS) is 33.4. The molecule has 0 amide bonds. The van der Waals surface area contributed by atoms with Crippen molar-refractivity contribution in [2.24, 2.45) is 5.73 Å². The zero-order valence-electron chi connectivity index (χ0n) is 16.2. The molecule has 0 aliphatic carbocycles. The number of nitrogens with one attached hydrogen (secondary N) is 1. The first-order valence-electron chi connectivity index (χ1n) is 10.3. The molecule has 0 aromatic carbocycles. The molecule has 3 unspecified atom stereocenters. The lowest BCUT2D eigenvalue weighted by atomic mass is 9.93. The van der Waals surface area contributed by atoms with Gasteiger partial charge in [-0.3, -0.25) is 0 Å². The lowest BCUT2D eigenvalue weighted by molar-refractivity contribution is -0.0604.